The van der Waals surface area contributed by atoms with Gasteiger partial charge in [0.2, 0.25) is 0 Å². The van der Waals surface area contributed by atoms with E-state index in [-0.39, 0.29) is 0 Å². The first-order valence-electron chi connectivity index (χ1n) is 3.15. The molecule has 0 heterocycles. The number of hydrogen-bond donors (Lipinski definition) is 0. The molecule has 0 saturated carbocycles. The van der Waals surface area contributed by atoms with Gasteiger partial charge in [-0.05, 0) is 18.2 Å². The molecule has 0 saturated heterocycles. The molecule has 10 heavy (non-hydrogen) atoms. The average molecular weight is 138 g/mol. The quantitative estimate of drug-likeness (QED) is 0.435. The molecule has 0 N–H and O–H groups in total. The van der Waals surface area contributed by atoms with Crippen molar-refractivity contribution in [3.8, 4) is 0 Å². The topological polar surface area (TPSA) is 18.5 Å². The van der Waals surface area contributed by atoms with Gasteiger partial charge in [0.15, 0.2) is 6.79 Å². The van der Waals surface area contributed by atoms with Crippen LogP contribution in [0.5, 0.6) is 0 Å². The highest BCUT2D eigenvalue weighted by Crippen LogP contribution is 2.07. The van der Waals surface area contributed by atoms with Gasteiger partial charge < -0.3 is 9.47 Å². The van der Waals surface area contributed by atoms with E-state index in [0.29, 0.717) is 6.79 Å². The highest BCUT2D eigenvalue weighted by Gasteiger charge is 1.94. The van der Waals surface area contributed by atoms with Crippen molar-refractivity contribution in [3.63, 3.8) is 0 Å². The zero-order chi connectivity index (χ0) is 7.23. The SMILES string of the molecule is COCOC1=CC=C=CC1. The Balaban J connectivity index is 2.30. The van der Waals surface area contributed by atoms with Crippen molar-refractivity contribution in [1.29, 1.82) is 0 Å². The summed E-state index contributed by atoms with van der Waals surface area (Å²) in [4.78, 5) is 0. The van der Waals surface area contributed by atoms with Gasteiger partial charge in [-0.2, -0.15) is 0 Å². The molecule has 0 atom stereocenters. The molecule has 0 aromatic heterocycles. The summed E-state index contributed by atoms with van der Waals surface area (Å²) < 4.78 is 9.90. The number of allylic oxidation sites excluding steroid dienone is 2. The smallest absolute Gasteiger partial charge is 0.188 e. The Kier molecular flexibility index (Phi) is 2.81. The Morgan fingerprint density at radius 3 is 3.20 bits per heavy atom. The van der Waals surface area contributed by atoms with Crippen LogP contribution in [0.2, 0.25) is 0 Å². The molecule has 0 aliphatic heterocycles. The van der Waals surface area contributed by atoms with Gasteiger partial charge in [0, 0.05) is 13.5 Å². The van der Waals surface area contributed by atoms with Crippen molar-refractivity contribution < 1.29 is 9.47 Å². The van der Waals surface area contributed by atoms with Crippen molar-refractivity contribution in [2.75, 3.05) is 13.9 Å². The van der Waals surface area contributed by atoms with Gasteiger partial charge in [-0.1, -0.05) is 0 Å². The maximum Gasteiger partial charge on any atom is 0.188 e. The predicted octanol–water partition coefficient (Wildman–Crippen LogP) is 1.61. The number of hydrogen-bond acceptors (Lipinski definition) is 2. The Hall–Kier alpha value is -0.980. The molecular weight excluding hydrogens is 128 g/mol. The Morgan fingerprint density at radius 2 is 2.60 bits per heavy atom. The lowest BCUT2D eigenvalue weighted by Gasteiger charge is -2.06. The Labute approximate surface area is 60.4 Å². The van der Waals surface area contributed by atoms with Crippen molar-refractivity contribution >= 4 is 0 Å². The second-order valence-corrected chi connectivity index (χ2v) is 1.93. The summed E-state index contributed by atoms with van der Waals surface area (Å²) in [5.41, 5.74) is 2.94. The van der Waals surface area contributed by atoms with Gasteiger partial charge in [-0.15, -0.1) is 5.73 Å². The van der Waals surface area contributed by atoms with Crippen molar-refractivity contribution in [1.82, 2.24) is 0 Å². The van der Waals surface area contributed by atoms with Crippen molar-refractivity contribution in [2.24, 2.45) is 0 Å². The van der Waals surface area contributed by atoms with Crippen LogP contribution in [0.3, 0.4) is 0 Å². The largest absolute Gasteiger partial charge is 0.472 e. The lowest BCUT2D eigenvalue weighted by Crippen LogP contribution is -1.96. The first-order chi connectivity index (χ1) is 4.93. The van der Waals surface area contributed by atoms with E-state index in [4.69, 9.17) is 9.47 Å². The molecule has 0 unspecified atom stereocenters. The second-order valence-electron chi connectivity index (χ2n) is 1.93. The Bertz CT molecular complexity index is 185. The zero-order valence-electron chi connectivity index (χ0n) is 5.96. The van der Waals surface area contributed by atoms with E-state index in [1.165, 1.54) is 0 Å². The fourth-order valence-corrected chi connectivity index (χ4v) is 0.678. The van der Waals surface area contributed by atoms with E-state index in [1.807, 2.05) is 18.2 Å². The standard InChI is InChI=1S/C8H10O2/c1-9-7-10-8-5-3-2-4-6-8/h3-5H,6-7H2,1H3. The molecule has 0 amide bonds. The van der Waals surface area contributed by atoms with Crippen LogP contribution in [0.4, 0.5) is 0 Å². The van der Waals surface area contributed by atoms with Gasteiger partial charge in [-0.25, -0.2) is 0 Å². The van der Waals surface area contributed by atoms with E-state index in [1.54, 1.807) is 7.11 Å². The summed E-state index contributed by atoms with van der Waals surface area (Å²) in [5.74, 6) is 0.931. The molecular formula is C8H10O2. The minimum absolute atomic E-state index is 0.327. The van der Waals surface area contributed by atoms with Crippen LogP contribution in [0.15, 0.2) is 29.7 Å². The molecule has 0 fully saturated rings. The fraction of sp³-hybridized carbons (Fsp3) is 0.375. The summed E-state index contributed by atoms with van der Waals surface area (Å²) in [7, 11) is 1.61. The molecule has 0 radical (unpaired) electrons. The van der Waals surface area contributed by atoms with Crippen LogP contribution < -0.4 is 0 Å². The molecule has 0 bridgehead atoms. The molecule has 1 aliphatic rings. The van der Waals surface area contributed by atoms with Crippen LogP contribution in [-0.2, 0) is 9.47 Å². The number of methoxy groups -OCH3 is 1. The van der Waals surface area contributed by atoms with Gasteiger partial charge >= 0.3 is 0 Å². The van der Waals surface area contributed by atoms with Gasteiger partial charge in [0.05, 0.1) is 0 Å². The van der Waals surface area contributed by atoms with E-state index < -0.39 is 0 Å². The van der Waals surface area contributed by atoms with E-state index >= 15 is 0 Å². The van der Waals surface area contributed by atoms with E-state index in [2.05, 4.69) is 5.73 Å². The number of rotatable bonds is 3. The highest BCUT2D eigenvalue weighted by atomic mass is 16.7. The van der Waals surface area contributed by atoms with Crippen LogP contribution >= 0.6 is 0 Å². The minimum Gasteiger partial charge on any atom is -0.472 e. The minimum atomic E-state index is 0.327. The molecule has 0 spiro atoms. The third kappa shape index (κ3) is 2.09. The first kappa shape index (κ1) is 7.13. The lowest BCUT2D eigenvalue weighted by atomic mass is 10.2. The third-order valence-electron chi connectivity index (χ3n) is 1.15. The summed E-state index contributed by atoms with van der Waals surface area (Å²) in [6.45, 7) is 0.327. The summed E-state index contributed by atoms with van der Waals surface area (Å²) in [5, 5.41) is 0. The summed E-state index contributed by atoms with van der Waals surface area (Å²) >= 11 is 0. The summed E-state index contributed by atoms with van der Waals surface area (Å²) in [6.07, 6.45) is 6.46. The molecule has 2 heteroatoms. The van der Waals surface area contributed by atoms with Crippen LogP contribution in [0.25, 0.3) is 0 Å². The van der Waals surface area contributed by atoms with Crippen molar-refractivity contribution in [3.05, 3.63) is 29.7 Å². The third-order valence-corrected chi connectivity index (χ3v) is 1.15. The second kappa shape index (κ2) is 3.94. The van der Waals surface area contributed by atoms with Crippen LogP contribution in [0.1, 0.15) is 6.42 Å². The maximum absolute atomic E-state index is 5.17. The zero-order valence-corrected chi connectivity index (χ0v) is 5.96. The summed E-state index contributed by atoms with van der Waals surface area (Å²) in [6, 6.07) is 0. The predicted molar refractivity (Wildman–Crippen MR) is 38.3 cm³/mol. The lowest BCUT2D eigenvalue weighted by molar-refractivity contribution is 0.00397. The molecule has 2 nitrogen and oxygen atoms in total. The molecule has 54 valence electrons. The molecule has 0 aromatic rings. The normalized spacial score (nSPS) is 15.1. The van der Waals surface area contributed by atoms with E-state index in [9.17, 15) is 0 Å². The van der Waals surface area contributed by atoms with Gasteiger partial charge in [-0.3, -0.25) is 0 Å². The molecule has 1 aliphatic carbocycles. The van der Waals surface area contributed by atoms with Crippen LogP contribution in [-0.4, -0.2) is 13.9 Å². The van der Waals surface area contributed by atoms with Crippen LogP contribution in [0, 0.1) is 0 Å². The maximum atomic E-state index is 5.17. The molecule has 1 rings (SSSR count). The van der Waals surface area contributed by atoms with E-state index in [0.717, 1.165) is 12.2 Å². The molecule has 0 aromatic carbocycles. The van der Waals surface area contributed by atoms with Crippen molar-refractivity contribution in [2.45, 2.75) is 6.42 Å². The van der Waals surface area contributed by atoms with Gasteiger partial charge in [0.1, 0.15) is 5.76 Å². The highest BCUT2D eigenvalue weighted by molar-refractivity contribution is 5.15. The Morgan fingerprint density at radius 1 is 1.70 bits per heavy atom. The fourth-order valence-electron chi connectivity index (χ4n) is 0.678. The first-order valence-corrected chi connectivity index (χ1v) is 3.15. The average Bonchev–Trinajstić information content (AvgIpc) is 2.03. The van der Waals surface area contributed by atoms with Gasteiger partial charge in [0.25, 0.3) is 0 Å². The number of ether oxygens (including phenoxy) is 2. The monoisotopic (exact) mass is 138 g/mol.